The normalized spacial score (nSPS) is 15.1. The smallest absolute Gasteiger partial charge is 0.251 e. The van der Waals surface area contributed by atoms with Crippen molar-refractivity contribution >= 4 is 11.5 Å². The molecule has 0 saturated carbocycles. The minimum Gasteiger partial charge on any atom is -0.490 e. The second-order valence-corrected chi connectivity index (χ2v) is 9.85. The van der Waals surface area contributed by atoms with Gasteiger partial charge in [-0.1, -0.05) is 18.2 Å². The van der Waals surface area contributed by atoms with Gasteiger partial charge in [0.2, 0.25) is 0 Å². The Bertz CT molecular complexity index is 1340. The SMILES string of the molecule is Cc1cc(-c2ccc(=O)n([C@H](C)c3cccc(-c4ncc(OCC5CCNCC5)cn4)c3)c2)sn1. The molecule has 1 fully saturated rings. The summed E-state index contributed by atoms with van der Waals surface area (Å²) in [5, 5.41) is 3.37. The van der Waals surface area contributed by atoms with Gasteiger partial charge in [0.25, 0.3) is 5.56 Å². The monoisotopic (exact) mass is 487 g/mol. The van der Waals surface area contributed by atoms with E-state index in [0.717, 1.165) is 53.2 Å². The highest BCUT2D eigenvalue weighted by atomic mass is 32.1. The average molecular weight is 488 g/mol. The van der Waals surface area contributed by atoms with Crippen molar-refractivity contribution in [1.82, 2.24) is 24.2 Å². The van der Waals surface area contributed by atoms with Gasteiger partial charge in [0.1, 0.15) is 0 Å². The summed E-state index contributed by atoms with van der Waals surface area (Å²) >= 11 is 1.44. The third-order valence-electron chi connectivity index (χ3n) is 6.47. The summed E-state index contributed by atoms with van der Waals surface area (Å²) in [6, 6.07) is 13.4. The molecule has 0 unspecified atom stereocenters. The van der Waals surface area contributed by atoms with Crippen LogP contribution in [0.3, 0.4) is 0 Å². The Morgan fingerprint density at radius 2 is 1.91 bits per heavy atom. The van der Waals surface area contributed by atoms with E-state index in [4.69, 9.17) is 4.74 Å². The minimum absolute atomic E-state index is 0.0422. The Balaban J connectivity index is 1.33. The molecule has 3 aromatic heterocycles. The number of ether oxygens (including phenoxy) is 1. The first-order chi connectivity index (χ1) is 17.1. The molecule has 1 aliphatic rings. The Labute approximate surface area is 209 Å². The lowest BCUT2D eigenvalue weighted by Gasteiger charge is -2.22. The van der Waals surface area contributed by atoms with Gasteiger partial charge in [0, 0.05) is 23.4 Å². The van der Waals surface area contributed by atoms with Crippen molar-refractivity contribution in [3.63, 3.8) is 0 Å². The fourth-order valence-corrected chi connectivity index (χ4v) is 5.10. The van der Waals surface area contributed by atoms with E-state index in [1.54, 1.807) is 23.0 Å². The molecule has 4 aromatic rings. The number of benzene rings is 1. The standard InChI is InChI=1S/C27H29N5O2S/c1-18-12-25(35-31-18)23-6-7-26(33)32(16-23)19(2)21-4-3-5-22(13-21)27-29-14-24(15-30-27)34-17-20-8-10-28-11-9-20/h3-7,12-16,19-20,28H,8-11,17H2,1-2H3/t19-/m1/s1. The summed E-state index contributed by atoms with van der Waals surface area (Å²) in [6.07, 6.45) is 7.67. The summed E-state index contributed by atoms with van der Waals surface area (Å²) in [4.78, 5) is 22.8. The molecule has 0 amide bonds. The predicted octanol–water partition coefficient (Wildman–Crippen LogP) is 4.72. The molecule has 0 aliphatic carbocycles. The lowest BCUT2D eigenvalue weighted by molar-refractivity contribution is 0.214. The fraction of sp³-hybridized carbons (Fsp3) is 0.333. The zero-order valence-corrected chi connectivity index (χ0v) is 20.8. The average Bonchev–Trinajstić information content (AvgIpc) is 3.34. The van der Waals surface area contributed by atoms with Gasteiger partial charge in [0.15, 0.2) is 11.6 Å². The summed E-state index contributed by atoms with van der Waals surface area (Å²) < 4.78 is 12.1. The molecule has 1 aromatic carbocycles. The van der Waals surface area contributed by atoms with Crippen molar-refractivity contribution in [3.05, 3.63) is 82.7 Å². The van der Waals surface area contributed by atoms with Crippen LogP contribution in [0, 0.1) is 12.8 Å². The molecule has 35 heavy (non-hydrogen) atoms. The quantitative estimate of drug-likeness (QED) is 0.406. The number of aryl methyl sites for hydroxylation is 1. The zero-order chi connectivity index (χ0) is 24.2. The second-order valence-electron chi connectivity index (χ2n) is 9.04. The number of aromatic nitrogens is 4. The van der Waals surface area contributed by atoms with Crippen molar-refractivity contribution in [3.8, 4) is 27.6 Å². The van der Waals surface area contributed by atoms with E-state index in [-0.39, 0.29) is 11.6 Å². The van der Waals surface area contributed by atoms with Gasteiger partial charge in [-0.05, 0) is 81.0 Å². The van der Waals surface area contributed by atoms with Crippen LogP contribution in [-0.2, 0) is 0 Å². The lowest BCUT2D eigenvalue weighted by Crippen LogP contribution is -2.30. The van der Waals surface area contributed by atoms with Crippen LogP contribution in [-0.4, -0.2) is 38.6 Å². The molecular formula is C27H29N5O2S. The van der Waals surface area contributed by atoms with E-state index in [1.165, 1.54) is 11.5 Å². The highest BCUT2D eigenvalue weighted by molar-refractivity contribution is 7.09. The van der Waals surface area contributed by atoms with E-state index in [1.807, 2.05) is 56.4 Å². The van der Waals surface area contributed by atoms with Crippen molar-refractivity contribution in [2.75, 3.05) is 19.7 Å². The topological polar surface area (TPSA) is 81.9 Å². The molecule has 4 heterocycles. The highest BCUT2D eigenvalue weighted by Crippen LogP contribution is 2.27. The van der Waals surface area contributed by atoms with Crippen molar-refractivity contribution in [2.45, 2.75) is 32.7 Å². The first kappa shape index (κ1) is 23.4. The molecule has 1 atom stereocenters. The van der Waals surface area contributed by atoms with Gasteiger partial charge in [-0.25, -0.2) is 9.97 Å². The molecule has 180 valence electrons. The third kappa shape index (κ3) is 5.49. The maximum atomic E-state index is 12.7. The van der Waals surface area contributed by atoms with Crippen LogP contribution < -0.4 is 15.6 Å². The Morgan fingerprint density at radius 3 is 2.66 bits per heavy atom. The van der Waals surface area contributed by atoms with Crippen molar-refractivity contribution in [2.24, 2.45) is 5.92 Å². The van der Waals surface area contributed by atoms with Gasteiger partial charge in [-0.15, -0.1) is 0 Å². The van der Waals surface area contributed by atoms with Crippen LogP contribution >= 0.6 is 11.5 Å². The first-order valence-electron chi connectivity index (χ1n) is 12.0. The van der Waals surface area contributed by atoms with Crippen LogP contribution in [0.15, 0.2) is 65.8 Å². The van der Waals surface area contributed by atoms with Crippen LogP contribution in [0.25, 0.3) is 21.8 Å². The van der Waals surface area contributed by atoms with E-state index in [0.29, 0.717) is 24.1 Å². The second kappa shape index (κ2) is 10.5. The summed E-state index contributed by atoms with van der Waals surface area (Å²) in [5.74, 6) is 1.91. The molecule has 8 heteroatoms. The molecule has 0 bridgehead atoms. The Kier molecular flexibility index (Phi) is 7.01. The Hall–Kier alpha value is -3.36. The summed E-state index contributed by atoms with van der Waals surface area (Å²) in [5.41, 5.74) is 3.84. The maximum Gasteiger partial charge on any atom is 0.251 e. The van der Waals surface area contributed by atoms with Crippen LogP contribution in [0.2, 0.25) is 0 Å². The summed E-state index contributed by atoms with van der Waals surface area (Å²) in [7, 11) is 0. The van der Waals surface area contributed by atoms with Gasteiger partial charge < -0.3 is 14.6 Å². The molecule has 1 N–H and O–H groups in total. The van der Waals surface area contributed by atoms with E-state index < -0.39 is 0 Å². The zero-order valence-electron chi connectivity index (χ0n) is 20.0. The number of pyridine rings is 1. The lowest BCUT2D eigenvalue weighted by atomic mass is 9.99. The number of nitrogens with one attached hydrogen (secondary N) is 1. The third-order valence-corrected chi connectivity index (χ3v) is 7.40. The van der Waals surface area contributed by atoms with Gasteiger partial charge in [-0.3, -0.25) is 4.79 Å². The first-order valence-corrected chi connectivity index (χ1v) is 12.8. The molecular weight excluding hydrogens is 458 g/mol. The largest absolute Gasteiger partial charge is 0.490 e. The number of rotatable bonds is 7. The molecule has 0 spiro atoms. The number of hydrogen-bond acceptors (Lipinski definition) is 7. The fourth-order valence-electron chi connectivity index (χ4n) is 4.35. The number of hydrogen-bond donors (Lipinski definition) is 1. The van der Waals surface area contributed by atoms with Crippen LogP contribution in [0.1, 0.15) is 37.1 Å². The molecule has 7 nitrogen and oxygen atoms in total. The molecule has 1 saturated heterocycles. The molecule has 1 aliphatic heterocycles. The number of nitrogens with zero attached hydrogens (tertiary/aromatic N) is 4. The van der Waals surface area contributed by atoms with Crippen molar-refractivity contribution in [1.29, 1.82) is 0 Å². The predicted molar refractivity (Wildman–Crippen MR) is 139 cm³/mol. The molecule has 5 rings (SSSR count). The van der Waals surface area contributed by atoms with Crippen LogP contribution in [0.4, 0.5) is 0 Å². The minimum atomic E-state index is -0.149. The highest BCUT2D eigenvalue weighted by Gasteiger charge is 2.15. The number of piperidine rings is 1. The van der Waals surface area contributed by atoms with Gasteiger partial charge >= 0.3 is 0 Å². The van der Waals surface area contributed by atoms with E-state index in [2.05, 4.69) is 19.7 Å². The molecule has 0 radical (unpaired) electrons. The summed E-state index contributed by atoms with van der Waals surface area (Å²) in [6.45, 7) is 6.81. The Morgan fingerprint density at radius 1 is 1.11 bits per heavy atom. The van der Waals surface area contributed by atoms with E-state index >= 15 is 0 Å². The van der Waals surface area contributed by atoms with Crippen LogP contribution in [0.5, 0.6) is 5.75 Å². The van der Waals surface area contributed by atoms with Gasteiger partial charge in [0.05, 0.1) is 35.6 Å². The maximum absolute atomic E-state index is 12.7. The van der Waals surface area contributed by atoms with Gasteiger partial charge in [-0.2, -0.15) is 4.37 Å². The van der Waals surface area contributed by atoms with E-state index in [9.17, 15) is 4.79 Å². The van der Waals surface area contributed by atoms with Crippen molar-refractivity contribution < 1.29 is 4.74 Å².